The molecule has 1 aliphatic rings. The molecule has 14 heavy (non-hydrogen) atoms. The van der Waals surface area contributed by atoms with Gasteiger partial charge in [0.05, 0.1) is 0 Å². The Kier molecular flexibility index (Phi) is 5.35. The molecular formula is C12H21NO. The molecule has 1 rings (SSSR count). The Hall–Kier alpha value is -0.790. The van der Waals surface area contributed by atoms with E-state index in [-0.39, 0.29) is 5.91 Å². The van der Waals surface area contributed by atoms with Gasteiger partial charge in [0.25, 0.3) is 0 Å². The van der Waals surface area contributed by atoms with Crippen molar-refractivity contribution in [2.45, 2.75) is 44.9 Å². The smallest absolute Gasteiger partial charge is 0.220 e. The average molecular weight is 195 g/mol. The van der Waals surface area contributed by atoms with E-state index in [1.807, 2.05) is 0 Å². The molecule has 1 saturated carbocycles. The minimum absolute atomic E-state index is 0.191. The standard InChI is InChI=1S/C12H21NO/c1-2-9-13-12(14)10-11-7-5-3-4-6-8-11/h2,11H,1,3-10H2,(H,13,14). The third-order valence-corrected chi connectivity index (χ3v) is 2.89. The molecule has 2 heteroatoms. The summed E-state index contributed by atoms with van der Waals surface area (Å²) in [5, 5.41) is 2.84. The van der Waals surface area contributed by atoms with Crippen LogP contribution in [0.5, 0.6) is 0 Å². The highest BCUT2D eigenvalue weighted by atomic mass is 16.1. The average Bonchev–Trinajstić information content (AvgIpc) is 2.43. The first-order valence-electron chi connectivity index (χ1n) is 5.70. The summed E-state index contributed by atoms with van der Waals surface area (Å²) in [4.78, 5) is 11.4. The normalized spacial score (nSPS) is 18.6. The van der Waals surface area contributed by atoms with Gasteiger partial charge in [0, 0.05) is 13.0 Å². The van der Waals surface area contributed by atoms with E-state index in [1.165, 1.54) is 38.5 Å². The monoisotopic (exact) mass is 195 g/mol. The molecule has 0 spiro atoms. The van der Waals surface area contributed by atoms with Crippen LogP contribution in [0.3, 0.4) is 0 Å². The van der Waals surface area contributed by atoms with Gasteiger partial charge in [-0.05, 0) is 18.8 Å². The minimum atomic E-state index is 0.191. The number of hydrogen-bond acceptors (Lipinski definition) is 1. The van der Waals surface area contributed by atoms with Gasteiger partial charge in [-0.3, -0.25) is 4.79 Å². The lowest BCUT2D eigenvalue weighted by molar-refractivity contribution is -0.121. The second-order valence-electron chi connectivity index (χ2n) is 4.15. The zero-order valence-electron chi connectivity index (χ0n) is 8.93. The van der Waals surface area contributed by atoms with E-state index in [0.29, 0.717) is 18.9 Å². The zero-order valence-corrected chi connectivity index (χ0v) is 8.93. The van der Waals surface area contributed by atoms with E-state index in [1.54, 1.807) is 6.08 Å². The molecule has 0 atom stereocenters. The van der Waals surface area contributed by atoms with E-state index in [4.69, 9.17) is 0 Å². The van der Waals surface area contributed by atoms with Crippen molar-refractivity contribution >= 4 is 5.91 Å². The summed E-state index contributed by atoms with van der Waals surface area (Å²) >= 11 is 0. The molecule has 0 bridgehead atoms. The van der Waals surface area contributed by atoms with Gasteiger partial charge in [0.15, 0.2) is 0 Å². The van der Waals surface area contributed by atoms with E-state index < -0.39 is 0 Å². The predicted octanol–water partition coefficient (Wildman–Crippen LogP) is 2.65. The number of carbonyl (C=O) groups excluding carboxylic acids is 1. The predicted molar refractivity (Wildman–Crippen MR) is 59.0 cm³/mol. The molecule has 0 heterocycles. The highest BCUT2D eigenvalue weighted by molar-refractivity contribution is 5.76. The van der Waals surface area contributed by atoms with Crippen LogP contribution in [0.25, 0.3) is 0 Å². The van der Waals surface area contributed by atoms with Crippen LogP contribution >= 0.6 is 0 Å². The lowest BCUT2D eigenvalue weighted by Gasteiger charge is -2.12. The number of amides is 1. The van der Waals surface area contributed by atoms with Crippen molar-refractivity contribution in [3.05, 3.63) is 12.7 Å². The Labute approximate surface area is 86.8 Å². The van der Waals surface area contributed by atoms with Crippen molar-refractivity contribution in [3.8, 4) is 0 Å². The Morgan fingerprint density at radius 2 is 1.93 bits per heavy atom. The van der Waals surface area contributed by atoms with Gasteiger partial charge in [-0.2, -0.15) is 0 Å². The number of rotatable bonds is 4. The minimum Gasteiger partial charge on any atom is -0.353 e. The van der Waals surface area contributed by atoms with Gasteiger partial charge in [-0.25, -0.2) is 0 Å². The van der Waals surface area contributed by atoms with Crippen LogP contribution in [0, 0.1) is 5.92 Å². The van der Waals surface area contributed by atoms with Gasteiger partial charge in [0.1, 0.15) is 0 Å². The molecule has 1 aliphatic carbocycles. The third-order valence-electron chi connectivity index (χ3n) is 2.89. The van der Waals surface area contributed by atoms with Crippen LogP contribution < -0.4 is 5.32 Å². The molecule has 80 valence electrons. The molecule has 0 aliphatic heterocycles. The van der Waals surface area contributed by atoms with E-state index in [2.05, 4.69) is 11.9 Å². The summed E-state index contributed by atoms with van der Waals surface area (Å²) in [7, 11) is 0. The summed E-state index contributed by atoms with van der Waals surface area (Å²) in [5.41, 5.74) is 0. The first-order chi connectivity index (χ1) is 6.83. The second-order valence-corrected chi connectivity index (χ2v) is 4.15. The van der Waals surface area contributed by atoms with Crippen LogP contribution in [0.1, 0.15) is 44.9 Å². The Morgan fingerprint density at radius 1 is 1.29 bits per heavy atom. The molecular weight excluding hydrogens is 174 g/mol. The van der Waals surface area contributed by atoms with Gasteiger partial charge in [-0.15, -0.1) is 6.58 Å². The topological polar surface area (TPSA) is 29.1 Å². The highest BCUT2D eigenvalue weighted by Gasteiger charge is 2.15. The summed E-state index contributed by atoms with van der Waals surface area (Å²) in [6.07, 6.45) is 10.2. The van der Waals surface area contributed by atoms with Gasteiger partial charge < -0.3 is 5.32 Å². The van der Waals surface area contributed by atoms with Crippen molar-refractivity contribution in [2.24, 2.45) is 5.92 Å². The first-order valence-corrected chi connectivity index (χ1v) is 5.70. The van der Waals surface area contributed by atoms with Crippen molar-refractivity contribution in [3.63, 3.8) is 0 Å². The van der Waals surface area contributed by atoms with Gasteiger partial charge >= 0.3 is 0 Å². The maximum atomic E-state index is 11.4. The van der Waals surface area contributed by atoms with Gasteiger partial charge in [0.2, 0.25) is 5.91 Å². The summed E-state index contributed by atoms with van der Waals surface area (Å²) in [6, 6.07) is 0. The maximum absolute atomic E-state index is 11.4. The Balaban J connectivity index is 2.20. The Bertz CT molecular complexity index is 181. The largest absolute Gasteiger partial charge is 0.353 e. The first kappa shape index (κ1) is 11.3. The highest BCUT2D eigenvalue weighted by Crippen LogP contribution is 2.25. The lowest BCUT2D eigenvalue weighted by atomic mass is 9.96. The molecule has 1 N–H and O–H groups in total. The molecule has 0 saturated heterocycles. The van der Waals surface area contributed by atoms with E-state index in [9.17, 15) is 4.79 Å². The fourth-order valence-electron chi connectivity index (χ4n) is 2.09. The van der Waals surface area contributed by atoms with E-state index in [0.717, 1.165) is 0 Å². The lowest BCUT2D eigenvalue weighted by Crippen LogP contribution is -2.25. The summed E-state index contributed by atoms with van der Waals surface area (Å²) < 4.78 is 0. The molecule has 0 unspecified atom stereocenters. The second kappa shape index (κ2) is 6.63. The van der Waals surface area contributed by atoms with Crippen molar-refractivity contribution < 1.29 is 4.79 Å². The zero-order chi connectivity index (χ0) is 10.2. The van der Waals surface area contributed by atoms with Crippen LogP contribution in [0.4, 0.5) is 0 Å². The SMILES string of the molecule is C=CCNC(=O)CC1CCCCCC1. The number of nitrogens with one attached hydrogen (secondary N) is 1. The number of hydrogen-bond donors (Lipinski definition) is 1. The molecule has 0 aromatic heterocycles. The van der Waals surface area contributed by atoms with Crippen LogP contribution in [-0.2, 0) is 4.79 Å². The van der Waals surface area contributed by atoms with Crippen LogP contribution in [0.2, 0.25) is 0 Å². The molecule has 0 aromatic rings. The maximum Gasteiger partial charge on any atom is 0.220 e. The summed E-state index contributed by atoms with van der Waals surface area (Å²) in [6.45, 7) is 4.18. The molecule has 2 nitrogen and oxygen atoms in total. The third kappa shape index (κ3) is 4.45. The van der Waals surface area contributed by atoms with Crippen LogP contribution in [0.15, 0.2) is 12.7 Å². The van der Waals surface area contributed by atoms with E-state index >= 15 is 0 Å². The van der Waals surface area contributed by atoms with Crippen molar-refractivity contribution in [2.75, 3.05) is 6.54 Å². The molecule has 0 radical (unpaired) electrons. The van der Waals surface area contributed by atoms with Crippen molar-refractivity contribution in [1.29, 1.82) is 0 Å². The molecule has 1 amide bonds. The van der Waals surface area contributed by atoms with Crippen molar-refractivity contribution in [1.82, 2.24) is 5.32 Å². The molecule has 1 fully saturated rings. The van der Waals surface area contributed by atoms with Crippen LogP contribution in [-0.4, -0.2) is 12.5 Å². The fourth-order valence-corrected chi connectivity index (χ4v) is 2.09. The molecule has 0 aromatic carbocycles. The summed E-state index contributed by atoms with van der Waals surface area (Å²) in [5.74, 6) is 0.819. The quantitative estimate of drug-likeness (QED) is 0.542. The number of carbonyl (C=O) groups is 1. The van der Waals surface area contributed by atoms with Gasteiger partial charge in [-0.1, -0.05) is 31.8 Å². The Morgan fingerprint density at radius 3 is 2.50 bits per heavy atom. The fraction of sp³-hybridized carbons (Fsp3) is 0.750.